The molecule has 1 radical (unpaired) electrons. The first-order valence-electron chi connectivity index (χ1n) is 7.24. The maximum absolute atomic E-state index is 9.09. The van der Waals surface area contributed by atoms with Gasteiger partial charge in [-0.2, -0.15) is 10.4 Å². The quantitative estimate of drug-likeness (QED) is 0.601. The number of nitriles is 1. The first kappa shape index (κ1) is 17.4. The molecule has 0 N–H and O–H groups in total. The smallest absolute Gasteiger partial charge is 0.362 e. The van der Waals surface area contributed by atoms with Crippen molar-refractivity contribution in [3.63, 3.8) is 0 Å². The molecule has 5 nitrogen and oxygen atoms in total. The molecule has 1 saturated carbocycles. The van der Waals surface area contributed by atoms with Gasteiger partial charge in [0.2, 0.25) is 0 Å². The summed E-state index contributed by atoms with van der Waals surface area (Å²) in [5.74, 6) is 0. The topological polar surface area (TPSA) is 67.4 Å². The van der Waals surface area contributed by atoms with Gasteiger partial charge in [-0.3, -0.25) is 5.56 Å². The molecule has 0 bridgehead atoms. The van der Waals surface area contributed by atoms with Crippen LogP contribution in [0.3, 0.4) is 0 Å². The molecule has 0 aliphatic heterocycles. The molecule has 3 rings (SSSR count). The fourth-order valence-corrected chi connectivity index (χ4v) is 2.78. The Bertz CT molecular complexity index is 761. The average molecular weight is 382 g/mol. The summed E-state index contributed by atoms with van der Waals surface area (Å²) in [6.45, 7) is 5.59. The third-order valence-corrected chi connectivity index (χ3v) is 3.85. The molecule has 23 heavy (non-hydrogen) atoms. The molecular formula is C17H15N5Nb. The Morgan fingerprint density at radius 2 is 2.22 bits per heavy atom. The minimum absolute atomic E-state index is 0. The normalized spacial score (nSPS) is 13.3. The van der Waals surface area contributed by atoms with Crippen molar-refractivity contribution in [1.82, 2.24) is 19.7 Å². The van der Waals surface area contributed by atoms with Gasteiger partial charge in [0.15, 0.2) is 0 Å². The van der Waals surface area contributed by atoms with E-state index in [1.165, 1.54) is 30.8 Å². The van der Waals surface area contributed by atoms with E-state index < -0.39 is 0 Å². The molecule has 0 amide bonds. The molecular weight excluding hydrogens is 367 g/mol. The van der Waals surface area contributed by atoms with Gasteiger partial charge >= 0.3 is 22.4 Å². The Morgan fingerprint density at radius 3 is 2.91 bits per heavy atom. The summed E-state index contributed by atoms with van der Waals surface area (Å²) in [4.78, 5) is 8.10. The van der Waals surface area contributed by atoms with E-state index in [2.05, 4.69) is 27.3 Å². The van der Waals surface area contributed by atoms with Crippen LogP contribution in [-0.4, -0.2) is 19.7 Å². The van der Waals surface area contributed by atoms with E-state index in [0.717, 1.165) is 24.1 Å². The Labute approximate surface area is 151 Å². The fraction of sp³-hybridized carbons (Fsp3) is 0.294. The summed E-state index contributed by atoms with van der Waals surface area (Å²) >= 11 is 0. The molecule has 0 spiro atoms. The van der Waals surface area contributed by atoms with Crippen LogP contribution in [0.1, 0.15) is 37.7 Å². The SMILES string of the molecule is [CH-]=Cc1[c-]ncnc1-c1cnn(C(CC#N)=C2CCCC2)c1.[Nb+2]. The van der Waals surface area contributed by atoms with Crippen LogP contribution in [0.15, 0.2) is 24.3 Å². The van der Waals surface area contributed by atoms with Crippen molar-refractivity contribution in [3.05, 3.63) is 42.6 Å². The van der Waals surface area contributed by atoms with Gasteiger partial charge in [-0.1, -0.05) is 5.69 Å². The maximum Gasteiger partial charge on any atom is 2.00 e. The zero-order valence-electron chi connectivity index (χ0n) is 12.6. The standard InChI is InChI=1S/C17H15N5.Nb/c1-2-13-9-19-12-20-17(13)15-10-21-22(11-15)16(7-8-18)14-5-3-4-6-14;/h1-2,10-12H,3-7H2;/q-2;+2. The first-order chi connectivity index (χ1) is 10.8. The van der Waals surface area contributed by atoms with E-state index in [-0.39, 0.29) is 22.4 Å². The van der Waals surface area contributed by atoms with E-state index in [4.69, 9.17) is 11.8 Å². The van der Waals surface area contributed by atoms with Crippen LogP contribution < -0.4 is 0 Å². The summed E-state index contributed by atoms with van der Waals surface area (Å²) in [5.41, 5.74) is 4.48. The molecule has 113 valence electrons. The molecule has 1 fully saturated rings. The van der Waals surface area contributed by atoms with Gasteiger partial charge in [0, 0.05) is 18.7 Å². The Balaban J connectivity index is 0.00000192. The van der Waals surface area contributed by atoms with Crippen molar-refractivity contribution in [3.8, 4) is 17.3 Å². The van der Waals surface area contributed by atoms with Crippen molar-refractivity contribution in [2.24, 2.45) is 0 Å². The molecule has 0 atom stereocenters. The molecule has 0 unspecified atom stereocenters. The third-order valence-electron chi connectivity index (χ3n) is 3.85. The van der Waals surface area contributed by atoms with Crippen molar-refractivity contribution < 1.29 is 22.4 Å². The second-order valence-corrected chi connectivity index (χ2v) is 5.18. The first-order valence-corrected chi connectivity index (χ1v) is 7.24. The monoisotopic (exact) mass is 382 g/mol. The number of hydrogen-bond acceptors (Lipinski definition) is 4. The molecule has 2 aromatic heterocycles. The van der Waals surface area contributed by atoms with Crippen molar-refractivity contribution in [1.29, 1.82) is 5.26 Å². The van der Waals surface area contributed by atoms with E-state index >= 15 is 0 Å². The second-order valence-electron chi connectivity index (χ2n) is 5.18. The molecule has 0 saturated heterocycles. The minimum atomic E-state index is 0. The van der Waals surface area contributed by atoms with Crippen molar-refractivity contribution in [2.45, 2.75) is 32.1 Å². The van der Waals surface area contributed by atoms with Gasteiger partial charge in [0.25, 0.3) is 0 Å². The molecule has 0 aromatic carbocycles. The second kappa shape index (κ2) is 8.02. The van der Waals surface area contributed by atoms with E-state index in [1.54, 1.807) is 10.9 Å². The minimum Gasteiger partial charge on any atom is -0.362 e. The van der Waals surface area contributed by atoms with Crippen LogP contribution in [0.2, 0.25) is 0 Å². The number of aromatic nitrogens is 4. The fourth-order valence-electron chi connectivity index (χ4n) is 2.78. The van der Waals surface area contributed by atoms with Gasteiger partial charge in [-0.25, -0.2) is 4.68 Å². The van der Waals surface area contributed by atoms with E-state index in [1.807, 2.05) is 6.20 Å². The summed E-state index contributed by atoms with van der Waals surface area (Å²) in [6.07, 6.45) is 14.1. The predicted octanol–water partition coefficient (Wildman–Crippen LogP) is 3.28. The zero-order chi connectivity index (χ0) is 15.4. The van der Waals surface area contributed by atoms with Gasteiger partial charge in [0.05, 0.1) is 18.2 Å². The van der Waals surface area contributed by atoms with Crippen LogP contribution >= 0.6 is 0 Å². The Hall–Kier alpha value is -2.00. The van der Waals surface area contributed by atoms with E-state index in [9.17, 15) is 0 Å². The van der Waals surface area contributed by atoms with Crippen molar-refractivity contribution >= 4 is 11.8 Å². The Kier molecular flexibility index (Phi) is 6.05. The van der Waals surface area contributed by atoms with Gasteiger partial charge < -0.3 is 22.6 Å². The summed E-state index contributed by atoms with van der Waals surface area (Å²) in [5, 5.41) is 13.5. The number of rotatable bonds is 4. The Morgan fingerprint density at radius 1 is 1.43 bits per heavy atom. The number of allylic oxidation sites excluding steroid dienone is 2. The molecule has 1 aliphatic rings. The molecule has 6 heteroatoms. The van der Waals surface area contributed by atoms with Crippen LogP contribution in [0.5, 0.6) is 0 Å². The third kappa shape index (κ3) is 3.67. The molecule has 2 aromatic rings. The largest absolute Gasteiger partial charge is 2.00 e. The maximum atomic E-state index is 9.09. The van der Waals surface area contributed by atoms with Crippen LogP contribution in [0.4, 0.5) is 0 Å². The summed E-state index contributed by atoms with van der Waals surface area (Å²) in [6, 6.07) is 2.24. The summed E-state index contributed by atoms with van der Waals surface area (Å²) in [7, 11) is 0. The van der Waals surface area contributed by atoms with E-state index in [0.29, 0.717) is 17.7 Å². The zero-order valence-corrected chi connectivity index (χ0v) is 14.8. The average Bonchev–Trinajstić information content (AvgIpc) is 3.24. The van der Waals surface area contributed by atoms with Gasteiger partial charge in [0.1, 0.15) is 0 Å². The number of hydrogen-bond donors (Lipinski definition) is 0. The molecule has 2 heterocycles. The van der Waals surface area contributed by atoms with Crippen LogP contribution in [-0.2, 0) is 22.4 Å². The number of nitrogens with zero attached hydrogens (tertiary/aromatic N) is 5. The molecule has 1 aliphatic carbocycles. The predicted molar refractivity (Wildman–Crippen MR) is 82.8 cm³/mol. The van der Waals surface area contributed by atoms with Crippen LogP contribution in [0.25, 0.3) is 23.0 Å². The van der Waals surface area contributed by atoms with Crippen LogP contribution in [0, 0.1) is 24.1 Å². The van der Waals surface area contributed by atoms with Crippen molar-refractivity contribution in [2.75, 3.05) is 0 Å². The summed E-state index contributed by atoms with van der Waals surface area (Å²) < 4.78 is 1.79. The van der Waals surface area contributed by atoms with Gasteiger partial charge in [-0.15, -0.1) is 6.20 Å². The van der Waals surface area contributed by atoms with Gasteiger partial charge in [-0.05, 0) is 36.8 Å².